The Bertz CT molecular complexity index is 1300. The van der Waals surface area contributed by atoms with Crippen LogP contribution in [-0.2, 0) is 27.7 Å². The molecule has 0 unspecified atom stereocenters. The van der Waals surface area contributed by atoms with E-state index < -0.39 is 22.0 Å². The van der Waals surface area contributed by atoms with Crippen LogP contribution in [0, 0.1) is 6.92 Å². The highest BCUT2D eigenvalue weighted by Gasteiger charge is 2.38. The number of hydrogen-bond donors (Lipinski definition) is 1. The maximum absolute atomic E-state index is 13.6. The molecule has 8 heteroatoms. The summed E-state index contributed by atoms with van der Waals surface area (Å²) in [6.45, 7) is 5.76. The Morgan fingerprint density at radius 1 is 1.06 bits per heavy atom. The number of amides is 1. The fourth-order valence-corrected chi connectivity index (χ4v) is 5.67. The lowest BCUT2D eigenvalue weighted by molar-refractivity contribution is -0.122. The van der Waals surface area contributed by atoms with Gasteiger partial charge in [-0.3, -0.25) is 9.10 Å². The maximum atomic E-state index is 13.6. The maximum Gasteiger partial charge on any atom is 0.267 e. The van der Waals surface area contributed by atoms with E-state index in [4.69, 9.17) is 16.3 Å². The Kier molecular flexibility index (Phi) is 6.86. The van der Waals surface area contributed by atoms with Crippen LogP contribution in [0.4, 0.5) is 11.4 Å². The van der Waals surface area contributed by atoms with Crippen molar-refractivity contribution >= 4 is 38.9 Å². The Morgan fingerprint density at radius 2 is 1.71 bits per heavy atom. The summed E-state index contributed by atoms with van der Waals surface area (Å²) in [7, 11) is -3.96. The molecule has 4 rings (SSSR count). The Labute approximate surface area is 205 Å². The van der Waals surface area contributed by atoms with Crippen LogP contribution in [0.2, 0.25) is 5.02 Å². The van der Waals surface area contributed by atoms with E-state index in [0.29, 0.717) is 10.7 Å². The van der Waals surface area contributed by atoms with Gasteiger partial charge >= 0.3 is 0 Å². The highest BCUT2D eigenvalue weighted by molar-refractivity contribution is 7.92. The van der Waals surface area contributed by atoms with E-state index in [2.05, 4.69) is 5.32 Å². The van der Waals surface area contributed by atoms with Crippen molar-refractivity contribution in [2.45, 2.75) is 44.6 Å². The third-order valence-electron chi connectivity index (χ3n) is 5.94. The van der Waals surface area contributed by atoms with E-state index in [9.17, 15) is 13.2 Å². The molecule has 3 aromatic carbocycles. The molecule has 1 atom stereocenters. The monoisotopic (exact) mass is 498 g/mol. The van der Waals surface area contributed by atoms with Gasteiger partial charge in [-0.2, -0.15) is 0 Å². The van der Waals surface area contributed by atoms with Crippen molar-refractivity contribution in [1.82, 2.24) is 0 Å². The van der Waals surface area contributed by atoms with Crippen LogP contribution >= 0.6 is 11.6 Å². The number of ether oxygens (including phenoxy) is 1. The van der Waals surface area contributed by atoms with Crippen LogP contribution in [-0.4, -0.2) is 27.0 Å². The largest absolute Gasteiger partial charge is 0.476 e. The predicted octanol–water partition coefficient (Wildman–Crippen LogP) is 5.37. The number of aryl methyl sites for hydroxylation is 3. The zero-order valence-electron chi connectivity index (χ0n) is 19.3. The lowest BCUT2D eigenvalue weighted by Crippen LogP contribution is -2.49. The van der Waals surface area contributed by atoms with Crippen molar-refractivity contribution in [1.29, 1.82) is 0 Å². The zero-order chi connectivity index (χ0) is 24.5. The minimum Gasteiger partial charge on any atom is -0.476 e. The molecule has 0 fully saturated rings. The third kappa shape index (κ3) is 4.63. The average Bonchev–Trinajstić information content (AvgIpc) is 2.83. The van der Waals surface area contributed by atoms with Crippen molar-refractivity contribution in [2.75, 3.05) is 16.2 Å². The lowest BCUT2D eigenvalue weighted by atomic mass is 10.0. The van der Waals surface area contributed by atoms with E-state index in [1.807, 2.05) is 39.0 Å². The molecule has 178 valence electrons. The highest BCUT2D eigenvalue weighted by atomic mass is 35.5. The van der Waals surface area contributed by atoms with Gasteiger partial charge in [-0.15, -0.1) is 0 Å². The van der Waals surface area contributed by atoms with Crippen molar-refractivity contribution in [3.63, 3.8) is 0 Å². The number of fused-ring (bicyclic) bond motifs is 1. The topological polar surface area (TPSA) is 75.7 Å². The van der Waals surface area contributed by atoms with Crippen LogP contribution in [0.1, 0.15) is 30.5 Å². The first-order chi connectivity index (χ1) is 16.2. The van der Waals surface area contributed by atoms with E-state index in [0.717, 1.165) is 35.2 Å². The number of benzene rings is 3. The first-order valence-corrected chi connectivity index (χ1v) is 13.0. The van der Waals surface area contributed by atoms with Crippen molar-refractivity contribution in [3.05, 3.63) is 82.4 Å². The molecule has 0 bridgehead atoms. The summed E-state index contributed by atoms with van der Waals surface area (Å²) in [5.74, 6) is -0.119. The summed E-state index contributed by atoms with van der Waals surface area (Å²) in [6.07, 6.45) is 0.470. The number of carbonyl (C=O) groups excluding carboxylic acids is 1. The summed E-state index contributed by atoms with van der Waals surface area (Å²) in [5.41, 5.74) is 4.04. The number of nitrogens with one attached hydrogen (secondary N) is 1. The number of nitrogens with zero attached hydrogens (tertiary/aromatic N) is 1. The van der Waals surface area contributed by atoms with Crippen molar-refractivity contribution in [2.24, 2.45) is 0 Å². The lowest BCUT2D eigenvalue weighted by Gasteiger charge is -2.35. The smallest absolute Gasteiger partial charge is 0.267 e. The molecule has 0 saturated carbocycles. The fourth-order valence-electron chi connectivity index (χ4n) is 4.03. The number of halogens is 1. The third-order valence-corrected chi connectivity index (χ3v) is 7.97. The molecule has 1 aliphatic heterocycles. The molecule has 0 radical (unpaired) electrons. The Hall–Kier alpha value is -3.03. The number of rotatable bonds is 6. The van der Waals surface area contributed by atoms with Crippen LogP contribution in [0.5, 0.6) is 5.75 Å². The number of hydrogen-bond acceptors (Lipinski definition) is 4. The van der Waals surface area contributed by atoms with E-state index in [1.54, 1.807) is 42.5 Å². The molecule has 3 aromatic rings. The fraction of sp³-hybridized carbons (Fsp3) is 0.269. The van der Waals surface area contributed by atoms with Crippen molar-refractivity contribution in [3.8, 4) is 5.75 Å². The van der Waals surface area contributed by atoms with Gasteiger partial charge in [-0.05, 0) is 61.2 Å². The van der Waals surface area contributed by atoms with E-state index in [-0.39, 0.29) is 17.2 Å². The number of anilines is 2. The predicted molar refractivity (Wildman–Crippen MR) is 135 cm³/mol. The molecule has 1 aliphatic rings. The summed E-state index contributed by atoms with van der Waals surface area (Å²) in [6, 6.07) is 17.3. The van der Waals surface area contributed by atoms with Gasteiger partial charge in [0.15, 0.2) is 6.10 Å². The summed E-state index contributed by atoms with van der Waals surface area (Å²) in [5, 5.41) is 3.37. The van der Waals surface area contributed by atoms with E-state index in [1.165, 1.54) is 4.31 Å². The molecule has 34 heavy (non-hydrogen) atoms. The van der Waals surface area contributed by atoms with Gasteiger partial charge in [-0.1, -0.05) is 61.3 Å². The highest BCUT2D eigenvalue weighted by Crippen LogP contribution is 2.39. The van der Waals surface area contributed by atoms with Crippen LogP contribution in [0.3, 0.4) is 0 Å². The van der Waals surface area contributed by atoms with Gasteiger partial charge < -0.3 is 10.1 Å². The van der Waals surface area contributed by atoms with Gasteiger partial charge in [0.05, 0.1) is 17.1 Å². The standard InChI is InChI=1S/C26H27ClN2O4S/c1-4-18-7-6-8-19(5-2)25(18)28-26(30)24-16-29(22-15-20(27)11-14-23(22)33-24)34(31,32)21-12-9-17(3)10-13-21/h6-15,24H,4-5,16H2,1-3H3,(H,28,30)/t24-/m1/s1. The first kappa shape index (κ1) is 24.1. The molecule has 0 aliphatic carbocycles. The van der Waals surface area contributed by atoms with Gasteiger partial charge in [0.1, 0.15) is 5.75 Å². The van der Waals surface area contributed by atoms with Crippen LogP contribution < -0.4 is 14.4 Å². The second kappa shape index (κ2) is 9.68. The zero-order valence-corrected chi connectivity index (χ0v) is 20.9. The Balaban J connectivity index is 1.71. The molecule has 0 saturated heterocycles. The molecular formula is C26H27ClN2O4S. The molecule has 1 N–H and O–H groups in total. The molecular weight excluding hydrogens is 472 g/mol. The van der Waals surface area contributed by atoms with E-state index >= 15 is 0 Å². The average molecular weight is 499 g/mol. The van der Waals surface area contributed by atoms with Crippen LogP contribution in [0.15, 0.2) is 65.6 Å². The van der Waals surface area contributed by atoms with Crippen LogP contribution in [0.25, 0.3) is 0 Å². The molecule has 1 amide bonds. The quantitative estimate of drug-likeness (QED) is 0.496. The summed E-state index contributed by atoms with van der Waals surface area (Å²) >= 11 is 6.18. The number of sulfonamides is 1. The molecule has 1 heterocycles. The van der Waals surface area contributed by atoms with Gasteiger partial charge in [0, 0.05) is 10.7 Å². The normalized spacial score (nSPS) is 15.4. The van der Waals surface area contributed by atoms with Crippen molar-refractivity contribution < 1.29 is 17.9 Å². The second-order valence-corrected chi connectivity index (χ2v) is 10.5. The van der Waals surface area contributed by atoms with Gasteiger partial charge in [-0.25, -0.2) is 8.42 Å². The number of carbonyl (C=O) groups is 1. The number of para-hydroxylation sites is 1. The summed E-state index contributed by atoms with van der Waals surface area (Å²) < 4.78 is 34.4. The summed E-state index contributed by atoms with van der Waals surface area (Å²) in [4.78, 5) is 13.5. The SMILES string of the molecule is CCc1cccc(CC)c1NC(=O)[C@H]1CN(S(=O)(=O)c2ccc(C)cc2)c2cc(Cl)ccc2O1. The van der Waals surface area contributed by atoms with Gasteiger partial charge in [0.25, 0.3) is 15.9 Å². The Morgan fingerprint density at radius 3 is 2.32 bits per heavy atom. The van der Waals surface area contributed by atoms with Gasteiger partial charge in [0.2, 0.25) is 0 Å². The first-order valence-electron chi connectivity index (χ1n) is 11.2. The molecule has 0 aromatic heterocycles. The second-order valence-electron chi connectivity index (χ2n) is 8.22. The molecule has 0 spiro atoms. The minimum atomic E-state index is -3.96. The minimum absolute atomic E-state index is 0.134. The molecule has 6 nitrogen and oxygen atoms in total.